The topological polar surface area (TPSA) is 55.1 Å². The smallest absolute Gasteiger partial charge is 0.252 e. The second kappa shape index (κ2) is 6.58. The first-order valence-electron chi connectivity index (χ1n) is 6.20. The van der Waals surface area contributed by atoms with Crippen molar-refractivity contribution in [3.8, 4) is 0 Å². The number of anilines is 1. The number of hydrogen-bond donors (Lipinski definition) is 2. The number of carbonyl (C=O) groups excluding carboxylic acids is 1. The third kappa shape index (κ3) is 3.63. The molecule has 0 radical (unpaired) electrons. The molecule has 2 rings (SSSR count). The number of hydrogen-bond acceptors (Lipinski definition) is 2. The van der Waals surface area contributed by atoms with Gasteiger partial charge in [0.15, 0.2) is 0 Å². The van der Waals surface area contributed by atoms with E-state index in [0.29, 0.717) is 10.0 Å². The van der Waals surface area contributed by atoms with Gasteiger partial charge in [-0.25, -0.2) is 4.39 Å². The molecule has 0 aliphatic carbocycles. The van der Waals surface area contributed by atoms with E-state index in [1.54, 1.807) is 0 Å². The molecule has 0 aliphatic rings. The molecule has 3 N–H and O–H groups in total. The number of nitrogens with one attached hydrogen (secondary N) is 1. The first kappa shape index (κ1) is 16.0. The SMILES string of the molecule is CC(NC(=O)c1cc(N)c(F)cc1Br)c1ccccc1Br. The summed E-state index contributed by atoms with van der Waals surface area (Å²) < 4.78 is 14.6. The van der Waals surface area contributed by atoms with Gasteiger partial charge in [-0.15, -0.1) is 0 Å². The van der Waals surface area contributed by atoms with Crippen LogP contribution in [0.1, 0.15) is 28.9 Å². The summed E-state index contributed by atoms with van der Waals surface area (Å²) in [4.78, 5) is 12.3. The summed E-state index contributed by atoms with van der Waals surface area (Å²) in [6.07, 6.45) is 0. The largest absolute Gasteiger partial charge is 0.396 e. The van der Waals surface area contributed by atoms with Gasteiger partial charge in [0.2, 0.25) is 0 Å². The minimum Gasteiger partial charge on any atom is -0.396 e. The van der Waals surface area contributed by atoms with Crippen LogP contribution in [0.3, 0.4) is 0 Å². The molecule has 0 saturated carbocycles. The van der Waals surface area contributed by atoms with Crippen LogP contribution in [0.5, 0.6) is 0 Å². The number of amides is 1. The second-order valence-corrected chi connectivity index (χ2v) is 6.28. The van der Waals surface area contributed by atoms with Gasteiger partial charge in [-0.3, -0.25) is 4.79 Å². The number of nitrogens with two attached hydrogens (primary N) is 1. The summed E-state index contributed by atoms with van der Waals surface area (Å²) in [5.74, 6) is -0.880. The van der Waals surface area contributed by atoms with Crippen molar-refractivity contribution >= 4 is 43.5 Å². The van der Waals surface area contributed by atoms with Gasteiger partial charge in [0.1, 0.15) is 5.82 Å². The highest BCUT2D eigenvalue weighted by molar-refractivity contribution is 9.10. The molecule has 1 atom stereocenters. The lowest BCUT2D eigenvalue weighted by Crippen LogP contribution is -2.27. The van der Waals surface area contributed by atoms with Crippen LogP contribution in [0.2, 0.25) is 0 Å². The summed E-state index contributed by atoms with van der Waals surface area (Å²) >= 11 is 6.63. The molecule has 2 aromatic carbocycles. The Hall–Kier alpha value is -1.40. The van der Waals surface area contributed by atoms with E-state index in [1.807, 2.05) is 31.2 Å². The fourth-order valence-corrected chi connectivity index (χ4v) is 3.04. The fraction of sp³-hybridized carbons (Fsp3) is 0.133. The molecule has 2 aromatic rings. The van der Waals surface area contributed by atoms with E-state index in [1.165, 1.54) is 12.1 Å². The van der Waals surface area contributed by atoms with Gasteiger partial charge in [0.25, 0.3) is 5.91 Å². The zero-order valence-corrected chi connectivity index (χ0v) is 14.3. The molecule has 6 heteroatoms. The van der Waals surface area contributed by atoms with Gasteiger partial charge < -0.3 is 11.1 Å². The molecule has 0 heterocycles. The maximum atomic E-state index is 13.3. The zero-order valence-electron chi connectivity index (χ0n) is 11.2. The van der Waals surface area contributed by atoms with Gasteiger partial charge in [-0.2, -0.15) is 0 Å². The van der Waals surface area contributed by atoms with Crippen molar-refractivity contribution in [3.63, 3.8) is 0 Å². The number of halogens is 3. The summed E-state index contributed by atoms with van der Waals surface area (Å²) in [5.41, 5.74) is 6.71. The fourth-order valence-electron chi connectivity index (χ4n) is 1.92. The molecule has 3 nitrogen and oxygen atoms in total. The van der Waals surface area contributed by atoms with Gasteiger partial charge >= 0.3 is 0 Å². The Kier molecular flexibility index (Phi) is 5.00. The molecule has 21 heavy (non-hydrogen) atoms. The average molecular weight is 416 g/mol. The Morgan fingerprint density at radius 2 is 1.90 bits per heavy atom. The molecule has 0 aromatic heterocycles. The van der Waals surface area contributed by atoms with Crippen LogP contribution >= 0.6 is 31.9 Å². The highest BCUT2D eigenvalue weighted by atomic mass is 79.9. The number of nitrogen functional groups attached to an aromatic ring is 1. The maximum Gasteiger partial charge on any atom is 0.252 e. The number of rotatable bonds is 3. The van der Waals surface area contributed by atoms with Gasteiger partial charge in [0.05, 0.1) is 17.3 Å². The number of carbonyl (C=O) groups is 1. The molecular formula is C15H13Br2FN2O. The summed E-state index contributed by atoms with van der Waals surface area (Å²) in [6, 6.07) is 9.93. The van der Waals surface area contributed by atoms with Crippen molar-refractivity contribution < 1.29 is 9.18 Å². The van der Waals surface area contributed by atoms with E-state index in [9.17, 15) is 9.18 Å². The quantitative estimate of drug-likeness (QED) is 0.728. The van der Waals surface area contributed by atoms with Crippen LogP contribution < -0.4 is 11.1 Å². The zero-order chi connectivity index (χ0) is 15.6. The van der Waals surface area contributed by atoms with E-state index in [0.717, 1.165) is 10.0 Å². The van der Waals surface area contributed by atoms with Crippen molar-refractivity contribution in [2.24, 2.45) is 0 Å². The Labute approximate surface area is 139 Å². The van der Waals surface area contributed by atoms with E-state index in [2.05, 4.69) is 37.2 Å². The van der Waals surface area contributed by atoms with Gasteiger partial charge in [-0.1, -0.05) is 34.1 Å². The molecule has 110 valence electrons. The predicted molar refractivity (Wildman–Crippen MR) is 88.5 cm³/mol. The monoisotopic (exact) mass is 414 g/mol. The van der Waals surface area contributed by atoms with Crippen LogP contribution in [0, 0.1) is 5.82 Å². The Morgan fingerprint density at radius 1 is 1.24 bits per heavy atom. The Bertz CT molecular complexity index is 691. The lowest BCUT2D eigenvalue weighted by Gasteiger charge is -2.16. The van der Waals surface area contributed by atoms with Crippen molar-refractivity contribution in [2.75, 3.05) is 5.73 Å². The summed E-state index contributed by atoms with van der Waals surface area (Å²) in [6.45, 7) is 1.87. The van der Waals surface area contributed by atoms with E-state index in [4.69, 9.17) is 5.73 Å². The predicted octanol–water partition coefficient (Wildman–Crippen LogP) is 4.42. The Balaban J connectivity index is 2.22. The first-order chi connectivity index (χ1) is 9.90. The molecule has 0 fully saturated rings. The molecule has 0 bridgehead atoms. The van der Waals surface area contributed by atoms with Crippen LogP contribution in [0.15, 0.2) is 45.3 Å². The van der Waals surface area contributed by atoms with E-state index in [-0.39, 0.29) is 17.6 Å². The van der Waals surface area contributed by atoms with Crippen molar-refractivity contribution in [3.05, 3.63) is 62.3 Å². The van der Waals surface area contributed by atoms with Crippen LogP contribution in [-0.2, 0) is 0 Å². The highest BCUT2D eigenvalue weighted by Gasteiger charge is 2.17. The van der Waals surface area contributed by atoms with Gasteiger partial charge in [0, 0.05) is 8.95 Å². The lowest BCUT2D eigenvalue weighted by molar-refractivity contribution is 0.0939. The standard InChI is InChI=1S/C15H13Br2FN2O/c1-8(9-4-2-3-5-11(9)16)20-15(21)10-6-14(19)13(18)7-12(10)17/h2-8H,19H2,1H3,(H,20,21). The van der Waals surface area contributed by atoms with Gasteiger partial charge in [-0.05, 0) is 46.6 Å². The normalized spacial score (nSPS) is 12.0. The minimum absolute atomic E-state index is 0.0584. The van der Waals surface area contributed by atoms with E-state index < -0.39 is 5.82 Å². The molecule has 0 aliphatic heterocycles. The number of benzene rings is 2. The van der Waals surface area contributed by atoms with Crippen molar-refractivity contribution in [1.29, 1.82) is 0 Å². The minimum atomic E-state index is -0.558. The van der Waals surface area contributed by atoms with Crippen LogP contribution in [0.4, 0.5) is 10.1 Å². The summed E-state index contributed by atoms with van der Waals surface area (Å²) in [7, 11) is 0. The molecule has 0 saturated heterocycles. The Morgan fingerprint density at radius 3 is 2.57 bits per heavy atom. The molecule has 1 amide bonds. The lowest BCUT2D eigenvalue weighted by atomic mass is 10.1. The van der Waals surface area contributed by atoms with Crippen LogP contribution in [-0.4, -0.2) is 5.91 Å². The third-order valence-corrected chi connectivity index (χ3v) is 4.43. The van der Waals surface area contributed by atoms with Crippen molar-refractivity contribution in [2.45, 2.75) is 13.0 Å². The van der Waals surface area contributed by atoms with Crippen LogP contribution in [0.25, 0.3) is 0 Å². The average Bonchev–Trinajstić information content (AvgIpc) is 2.43. The molecular weight excluding hydrogens is 403 g/mol. The molecule has 1 unspecified atom stereocenters. The third-order valence-electron chi connectivity index (χ3n) is 3.05. The molecule has 0 spiro atoms. The highest BCUT2D eigenvalue weighted by Crippen LogP contribution is 2.26. The second-order valence-electron chi connectivity index (χ2n) is 4.57. The van der Waals surface area contributed by atoms with E-state index >= 15 is 0 Å². The summed E-state index contributed by atoms with van der Waals surface area (Å²) in [5, 5.41) is 2.86. The van der Waals surface area contributed by atoms with Crippen molar-refractivity contribution in [1.82, 2.24) is 5.32 Å². The first-order valence-corrected chi connectivity index (χ1v) is 7.78. The maximum absolute atomic E-state index is 13.3.